The van der Waals surface area contributed by atoms with Gasteiger partial charge in [0.05, 0.1) is 6.04 Å². The largest absolute Gasteiger partial charge is 0.396 e. The van der Waals surface area contributed by atoms with E-state index in [1.165, 1.54) is 5.56 Å². The van der Waals surface area contributed by atoms with Gasteiger partial charge in [0.2, 0.25) is 11.8 Å². The molecule has 7 heteroatoms. The molecule has 0 radical (unpaired) electrons. The van der Waals surface area contributed by atoms with E-state index in [9.17, 15) is 19.5 Å². The molecule has 0 spiro atoms. The van der Waals surface area contributed by atoms with Gasteiger partial charge in [0.1, 0.15) is 6.04 Å². The summed E-state index contributed by atoms with van der Waals surface area (Å²) in [7, 11) is 0. The number of nitrogens with zero attached hydrogens (tertiary/aromatic N) is 3. The maximum Gasteiger partial charge on any atom is 0.258 e. The number of aliphatic hydroxyl groups is 1. The first-order valence-corrected chi connectivity index (χ1v) is 12.1. The van der Waals surface area contributed by atoms with Crippen molar-refractivity contribution >= 4 is 17.9 Å². The Morgan fingerprint density at radius 3 is 2.62 bits per heavy atom. The van der Waals surface area contributed by atoms with E-state index in [0.717, 1.165) is 17.7 Å². The lowest BCUT2D eigenvalue weighted by Gasteiger charge is -2.36. The summed E-state index contributed by atoms with van der Waals surface area (Å²) >= 11 is 0. The summed E-state index contributed by atoms with van der Waals surface area (Å²) in [5.41, 5.74) is 3.63. The van der Waals surface area contributed by atoms with Crippen LogP contribution in [0.25, 0.3) is 6.08 Å². The Balaban J connectivity index is 1.53. The summed E-state index contributed by atoms with van der Waals surface area (Å²) in [5.74, 6) is -0.834. The monoisotopic (exact) mass is 461 g/mol. The number of aliphatic hydroxyl groups excluding tert-OH is 1. The molecule has 4 heterocycles. The minimum Gasteiger partial charge on any atom is -0.396 e. The van der Waals surface area contributed by atoms with Gasteiger partial charge in [-0.05, 0) is 36.6 Å². The minimum absolute atomic E-state index is 0.0962. The van der Waals surface area contributed by atoms with E-state index in [1.54, 1.807) is 28.5 Å². The molecule has 0 unspecified atom stereocenters. The fourth-order valence-electron chi connectivity index (χ4n) is 6.13. The second-order valence-corrected chi connectivity index (χ2v) is 9.46. The van der Waals surface area contributed by atoms with Crippen LogP contribution >= 0.6 is 0 Å². The average Bonchev–Trinajstić information content (AvgIpc) is 3.39. The summed E-state index contributed by atoms with van der Waals surface area (Å²) in [6.07, 6.45) is 4.64. The summed E-state index contributed by atoms with van der Waals surface area (Å²) in [6.45, 7) is 4.95. The first-order valence-electron chi connectivity index (χ1n) is 12.1. The lowest BCUT2D eigenvalue weighted by atomic mass is 9.87. The van der Waals surface area contributed by atoms with E-state index in [2.05, 4.69) is 6.07 Å². The number of allylic oxidation sites excluding steroid dienone is 1. The number of rotatable bonds is 4. The summed E-state index contributed by atoms with van der Waals surface area (Å²) in [6, 6.07) is 10.7. The topological polar surface area (TPSA) is 82.8 Å². The van der Waals surface area contributed by atoms with Crippen molar-refractivity contribution in [3.05, 3.63) is 75.2 Å². The van der Waals surface area contributed by atoms with E-state index in [0.29, 0.717) is 25.2 Å². The zero-order chi connectivity index (χ0) is 24.0. The van der Waals surface area contributed by atoms with Gasteiger partial charge < -0.3 is 19.5 Å². The second kappa shape index (κ2) is 8.87. The highest BCUT2D eigenvalue weighted by molar-refractivity contribution is 5.89. The van der Waals surface area contributed by atoms with Crippen LogP contribution in [-0.2, 0) is 29.1 Å². The number of benzene rings is 1. The maximum atomic E-state index is 13.9. The highest BCUT2D eigenvalue weighted by atomic mass is 16.3. The number of pyridine rings is 1. The van der Waals surface area contributed by atoms with Gasteiger partial charge in [-0.2, -0.15) is 0 Å². The number of carbonyl (C=O) groups is 2. The van der Waals surface area contributed by atoms with E-state index in [4.69, 9.17) is 0 Å². The minimum atomic E-state index is -0.725. The van der Waals surface area contributed by atoms with Crippen LogP contribution in [0.5, 0.6) is 0 Å². The molecular formula is C27H31N3O4. The Bertz CT molecular complexity index is 1220. The number of carbonyl (C=O) groups excluding carboxylic acids is 2. The average molecular weight is 462 g/mol. The Labute approximate surface area is 199 Å². The van der Waals surface area contributed by atoms with Crippen LogP contribution < -0.4 is 5.56 Å². The Kier molecular flexibility index (Phi) is 5.90. The van der Waals surface area contributed by atoms with Crippen LogP contribution in [0.2, 0.25) is 0 Å². The molecule has 0 aliphatic carbocycles. The normalized spacial score (nSPS) is 25.4. The number of hydrogen-bond donors (Lipinski definition) is 1. The molecule has 4 atom stereocenters. The molecule has 1 aromatic carbocycles. The van der Waals surface area contributed by atoms with Crippen molar-refractivity contribution in [2.45, 2.75) is 51.9 Å². The second-order valence-electron chi connectivity index (χ2n) is 9.46. The van der Waals surface area contributed by atoms with Crippen molar-refractivity contribution in [2.75, 3.05) is 13.2 Å². The fourth-order valence-corrected chi connectivity index (χ4v) is 6.13. The third kappa shape index (κ3) is 3.41. The molecule has 1 N–H and O–H groups in total. The highest BCUT2D eigenvalue weighted by Gasteiger charge is 2.57. The highest BCUT2D eigenvalue weighted by Crippen LogP contribution is 2.50. The van der Waals surface area contributed by atoms with Gasteiger partial charge in [-0.25, -0.2) is 0 Å². The summed E-state index contributed by atoms with van der Waals surface area (Å²) < 4.78 is 1.72. The zero-order valence-corrected chi connectivity index (χ0v) is 19.7. The van der Waals surface area contributed by atoms with Gasteiger partial charge >= 0.3 is 0 Å². The van der Waals surface area contributed by atoms with Gasteiger partial charge in [-0.3, -0.25) is 14.4 Å². The maximum absolute atomic E-state index is 13.9. The van der Waals surface area contributed by atoms with Crippen LogP contribution in [0.1, 0.15) is 48.7 Å². The van der Waals surface area contributed by atoms with E-state index in [1.807, 2.05) is 42.2 Å². The van der Waals surface area contributed by atoms with E-state index < -0.39 is 12.0 Å². The van der Waals surface area contributed by atoms with Crippen LogP contribution in [0, 0.1) is 11.8 Å². The number of aromatic nitrogens is 1. The quantitative estimate of drug-likeness (QED) is 0.758. The first kappa shape index (κ1) is 22.6. The molecule has 1 aromatic heterocycles. The Morgan fingerprint density at radius 2 is 1.91 bits per heavy atom. The summed E-state index contributed by atoms with van der Waals surface area (Å²) in [4.78, 5) is 43.7. The molecule has 0 saturated carbocycles. The molecule has 3 aliphatic heterocycles. The SMILES string of the molecule is C/C=C\c1ccc2n(c1=O)C[C@@H]1[C@@H](CO)[C@H](C(=O)N3CCc4ccccc4C3)N(C(=O)CC)[C@H]21. The molecule has 2 aromatic rings. The molecular weight excluding hydrogens is 430 g/mol. The molecule has 0 bridgehead atoms. The van der Waals surface area contributed by atoms with Gasteiger partial charge in [-0.1, -0.05) is 43.3 Å². The van der Waals surface area contributed by atoms with Gasteiger partial charge in [0.15, 0.2) is 0 Å². The molecule has 1 saturated heterocycles. The van der Waals surface area contributed by atoms with Gasteiger partial charge in [0.25, 0.3) is 5.56 Å². The predicted molar refractivity (Wildman–Crippen MR) is 129 cm³/mol. The molecule has 5 rings (SSSR count). The smallest absolute Gasteiger partial charge is 0.258 e. The van der Waals surface area contributed by atoms with Crippen LogP contribution in [0.4, 0.5) is 0 Å². The van der Waals surface area contributed by atoms with Gasteiger partial charge in [-0.15, -0.1) is 0 Å². The number of likely N-dealkylation sites (tertiary alicyclic amines) is 1. The molecule has 1 fully saturated rings. The van der Waals surface area contributed by atoms with Gasteiger partial charge in [0, 0.05) is 55.8 Å². The van der Waals surface area contributed by atoms with E-state index in [-0.39, 0.29) is 42.4 Å². The molecule has 34 heavy (non-hydrogen) atoms. The fraction of sp³-hybridized carbons (Fsp3) is 0.444. The number of amides is 2. The van der Waals surface area contributed by atoms with Crippen molar-refractivity contribution in [3.8, 4) is 0 Å². The third-order valence-electron chi connectivity index (χ3n) is 7.74. The lowest BCUT2D eigenvalue weighted by Crippen LogP contribution is -2.52. The van der Waals surface area contributed by atoms with Crippen LogP contribution in [0.15, 0.2) is 47.3 Å². The van der Waals surface area contributed by atoms with E-state index >= 15 is 0 Å². The standard InChI is InChI=1S/C27H31N3O4/c1-3-7-18-10-11-22-24-20(15-29(22)26(18)33)21(16-31)25(30(24)23(32)4-2)27(34)28-13-12-17-8-5-6-9-19(17)14-28/h3,5-11,20-21,24-25,31H,4,12-16H2,1-2H3/b7-3-/t20-,21-,24+,25-/m1/s1. The lowest BCUT2D eigenvalue weighted by molar-refractivity contribution is -0.147. The molecule has 178 valence electrons. The molecule has 3 aliphatic rings. The summed E-state index contributed by atoms with van der Waals surface area (Å²) in [5, 5.41) is 10.4. The zero-order valence-electron chi connectivity index (χ0n) is 19.7. The van der Waals surface area contributed by atoms with Crippen molar-refractivity contribution < 1.29 is 14.7 Å². The van der Waals surface area contributed by atoms with Crippen molar-refractivity contribution in [2.24, 2.45) is 11.8 Å². The number of hydrogen-bond acceptors (Lipinski definition) is 4. The third-order valence-corrected chi connectivity index (χ3v) is 7.74. The van der Waals surface area contributed by atoms with Crippen molar-refractivity contribution in [1.29, 1.82) is 0 Å². The molecule has 2 amide bonds. The van der Waals surface area contributed by atoms with Crippen molar-refractivity contribution in [1.82, 2.24) is 14.4 Å². The number of fused-ring (bicyclic) bond motifs is 4. The van der Waals surface area contributed by atoms with Crippen molar-refractivity contribution in [3.63, 3.8) is 0 Å². The first-order chi connectivity index (χ1) is 16.5. The Morgan fingerprint density at radius 1 is 1.15 bits per heavy atom. The van der Waals surface area contributed by atoms with Crippen LogP contribution in [-0.4, -0.2) is 50.5 Å². The van der Waals surface area contributed by atoms with Crippen LogP contribution in [0.3, 0.4) is 0 Å². The Hall–Kier alpha value is -3.19. The predicted octanol–water partition coefficient (Wildman–Crippen LogP) is 2.37. The molecule has 7 nitrogen and oxygen atoms in total.